The molecule has 2 heterocycles. The number of hydrogen-bond donors (Lipinski definition) is 3. The summed E-state index contributed by atoms with van der Waals surface area (Å²) < 4.78 is 0. The minimum Gasteiger partial charge on any atom is -0.378 e. The Morgan fingerprint density at radius 2 is 1.70 bits per heavy atom. The minimum atomic E-state index is -0.188. The number of nitrogens with one attached hydrogen (secondary N) is 3. The van der Waals surface area contributed by atoms with Gasteiger partial charge in [0, 0.05) is 19.8 Å². The Hall–Kier alpha value is -1.92. The van der Waals surface area contributed by atoms with Crippen LogP contribution in [0.1, 0.15) is 24.8 Å². The first-order valence-corrected chi connectivity index (χ1v) is 8.29. The standard InChI is InChI=1S/C12H13N3OS.C5H11N/c1-15(2)9-5-3-8(4-6-9)7-10-11(16)14-12(17)13-10;1-2-4-6-5-3-1/h3-7H,1-2H3,(H2,13,14,16,17);6H,1-5H2/b10-7+;. The Bertz CT molecular complexity index is 565. The lowest BCUT2D eigenvalue weighted by atomic mass is 10.1. The van der Waals surface area contributed by atoms with Crippen LogP contribution in [-0.4, -0.2) is 38.2 Å². The van der Waals surface area contributed by atoms with Crippen LogP contribution in [0.2, 0.25) is 0 Å². The van der Waals surface area contributed by atoms with Gasteiger partial charge in [-0.1, -0.05) is 18.6 Å². The van der Waals surface area contributed by atoms with E-state index in [0.717, 1.165) is 11.3 Å². The molecule has 0 unspecified atom stereocenters. The van der Waals surface area contributed by atoms with E-state index in [1.54, 1.807) is 6.08 Å². The molecule has 3 rings (SSSR count). The van der Waals surface area contributed by atoms with Gasteiger partial charge in [0.1, 0.15) is 5.70 Å². The van der Waals surface area contributed by atoms with Gasteiger partial charge in [0.15, 0.2) is 5.11 Å². The third-order valence-corrected chi connectivity index (χ3v) is 3.85. The third-order valence-electron chi connectivity index (χ3n) is 3.65. The fourth-order valence-corrected chi connectivity index (χ4v) is 2.52. The predicted molar refractivity (Wildman–Crippen MR) is 99.3 cm³/mol. The van der Waals surface area contributed by atoms with Crippen LogP contribution in [0.4, 0.5) is 5.69 Å². The van der Waals surface area contributed by atoms with E-state index in [9.17, 15) is 4.79 Å². The average Bonchev–Trinajstić information content (AvgIpc) is 2.88. The largest absolute Gasteiger partial charge is 0.378 e. The fourth-order valence-electron chi connectivity index (χ4n) is 2.32. The first kappa shape index (κ1) is 17.4. The Kier molecular flexibility index (Phi) is 6.55. The summed E-state index contributed by atoms with van der Waals surface area (Å²) in [7, 11) is 3.97. The van der Waals surface area contributed by atoms with Gasteiger partial charge >= 0.3 is 0 Å². The highest BCUT2D eigenvalue weighted by Gasteiger charge is 2.19. The zero-order chi connectivity index (χ0) is 16.7. The maximum atomic E-state index is 11.4. The molecule has 1 aromatic rings. The van der Waals surface area contributed by atoms with Gasteiger partial charge in [-0.2, -0.15) is 0 Å². The zero-order valence-corrected chi connectivity index (χ0v) is 14.5. The smallest absolute Gasteiger partial charge is 0.273 e. The lowest BCUT2D eigenvalue weighted by Crippen LogP contribution is -2.21. The number of hydrogen-bond acceptors (Lipinski definition) is 4. The number of thiocarbonyl (C=S) groups is 1. The van der Waals surface area contributed by atoms with Crippen LogP contribution in [0.25, 0.3) is 6.08 Å². The lowest BCUT2D eigenvalue weighted by Gasteiger charge is -2.11. The van der Waals surface area contributed by atoms with E-state index in [2.05, 4.69) is 16.0 Å². The molecule has 1 aromatic carbocycles. The molecule has 2 fully saturated rings. The fraction of sp³-hybridized carbons (Fsp3) is 0.412. The number of benzene rings is 1. The molecule has 2 aliphatic heterocycles. The summed E-state index contributed by atoms with van der Waals surface area (Å²) in [5.41, 5.74) is 2.55. The molecule has 5 nitrogen and oxygen atoms in total. The summed E-state index contributed by atoms with van der Waals surface area (Å²) in [4.78, 5) is 13.4. The molecular weight excluding hydrogens is 308 g/mol. The van der Waals surface area contributed by atoms with E-state index in [-0.39, 0.29) is 5.91 Å². The molecule has 0 atom stereocenters. The van der Waals surface area contributed by atoms with Crippen LogP contribution >= 0.6 is 12.2 Å². The Morgan fingerprint density at radius 1 is 1.04 bits per heavy atom. The van der Waals surface area contributed by atoms with Crippen molar-refractivity contribution in [2.75, 3.05) is 32.1 Å². The van der Waals surface area contributed by atoms with Gasteiger partial charge in [-0.3, -0.25) is 10.1 Å². The number of nitrogens with zero attached hydrogens (tertiary/aromatic N) is 1. The first-order chi connectivity index (χ1) is 11.1. The van der Waals surface area contributed by atoms with Crippen molar-refractivity contribution >= 4 is 35.0 Å². The third kappa shape index (κ3) is 5.65. The summed E-state index contributed by atoms with van der Waals surface area (Å²) >= 11 is 4.85. The van der Waals surface area contributed by atoms with Crippen LogP contribution in [0.5, 0.6) is 0 Å². The highest BCUT2D eigenvalue weighted by atomic mass is 32.1. The molecule has 124 valence electrons. The van der Waals surface area contributed by atoms with Crippen molar-refractivity contribution in [3.8, 4) is 0 Å². The van der Waals surface area contributed by atoms with Gasteiger partial charge in [-0.15, -0.1) is 0 Å². The quantitative estimate of drug-likeness (QED) is 0.570. The van der Waals surface area contributed by atoms with E-state index in [1.807, 2.05) is 43.3 Å². The topological polar surface area (TPSA) is 56.4 Å². The number of piperidine rings is 1. The molecule has 0 aliphatic carbocycles. The Balaban J connectivity index is 0.000000268. The van der Waals surface area contributed by atoms with Crippen LogP contribution in [0.3, 0.4) is 0 Å². The zero-order valence-electron chi connectivity index (χ0n) is 13.7. The SMILES string of the molecule is C1CCNCC1.CN(C)c1ccc(/C=C2/NC(=S)NC2=O)cc1. The van der Waals surface area contributed by atoms with E-state index >= 15 is 0 Å². The second-order valence-electron chi connectivity index (χ2n) is 5.76. The van der Waals surface area contributed by atoms with Crippen molar-refractivity contribution in [3.63, 3.8) is 0 Å². The summed E-state index contributed by atoms with van der Waals surface area (Å²) in [5.74, 6) is -0.188. The molecule has 0 bridgehead atoms. The Labute approximate surface area is 143 Å². The summed E-state index contributed by atoms with van der Waals surface area (Å²) in [5, 5.41) is 8.97. The monoisotopic (exact) mass is 332 g/mol. The highest BCUT2D eigenvalue weighted by molar-refractivity contribution is 7.80. The summed E-state index contributed by atoms with van der Waals surface area (Å²) in [6.07, 6.45) is 5.99. The molecule has 3 N–H and O–H groups in total. The van der Waals surface area contributed by atoms with Gasteiger partial charge in [-0.25, -0.2) is 0 Å². The molecule has 2 aliphatic rings. The molecule has 0 saturated carbocycles. The molecule has 0 radical (unpaired) electrons. The normalized spacial score (nSPS) is 18.8. The molecule has 0 aromatic heterocycles. The highest BCUT2D eigenvalue weighted by Crippen LogP contribution is 2.14. The second-order valence-corrected chi connectivity index (χ2v) is 6.17. The van der Waals surface area contributed by atoms with Crippen LogP contribution in [0.15, 0.2) is 30.0 Å². The maximum absolute atomic E-state index is 11.4. The van der Waals surface area contributed by atoms with Crippen LogP contribution in [-0.2, 0) is 4.79 Å². The molecule has 2 saturated heterocycles. The van der Waals surface area contributed by atoms with Crippen molar-refractivity contribution in [1.29, 1.82) is 0 Å². The lowest BCUT2D eigenvalue weighted by molar-refractivity contribution is -0.115. The summed E-state index contributed by atoms with van der Waals surface area (Å²) in [6.45, 7) is 2.50. The molecular formula is C17H24N4OS. The number of rotatable bonds is 2. The summed E-state index contributed by atoms with van der Waals surface area (Å²) in [6, 6.07) is 7.91. The van der Waals surface area contributed by atoms with E-state index in [0.29, 0.717) is 10.8 Å². The molecule has 0 spiro atoms. The van der Waals surface area contributed by atoms with Gasteiger partial charge in [0.2, 0.25) is 0 Å². The Morgan fingerprint density at radius 3 is 2.09 bits per heavy atom. The average molecular weight is 332 g/mol. The van der Waals surface area contributed by atoms with Crippen molar-refractivity contribution in [3.05, 3.63) is 35.5 Å². The number of amides is 1. The van der Waals surface area contributed by atoms with E-state index in [1.165, 1.54) is 32.4 Å². The number of carbonyl (C=O) groups is 1. The second kappa shape index (κ2) is 8.64. The maximum Gasteiger partial charge on any atom is 0.273 e. The molecule has 6 heteroatoms. The number of anilines is 1. The van der Waals surface area contributed by atoms with Crippen molar-refractivity contribution in [1.82, 2.24) is 16.0 Å². The van der Waals surface area contributed by atoms with E-state index in [4.69, 9.17) is 12.2 Å². The van der Waals surface area contributed by atoms with Gasteiger partial charge in [-0.05, 0) is 61.9 Å². The van der Waals surface area contributed by atoms with E-state index < -0.39 is 0 Å². The van der Waals surface area contributed by atoms with Crippen molar-refractivity contribution in [2.45, 2.75) is 19.3 Å². The first-order valence-electron chi connectivity index (χ1n) is 7.88. The van der Waals surface area contributed by atoms with Crippen molar-refractivity contribution in [2.24, 2.45) is 0 Å². The van der Waals surface area contributed by atoms with Crippen molar-refractivity contribution < 1.29 is 4.79 Å². The van der Waals surface area contributed by atoms with Crippen LogP contribution in [0, 0.1) is 0 Å². The van der Waals surface area contributed by atoms with Gasteiger partial charge < -0.3 is 15.5 Å². The van der Waals surface area contributed by atoms with Gasteiger partial charge in [0.05, 0.1) is 0 Å². The van der Waals surface area contributed by atoms with Gasteiger partial charge in [0.25, 0.3) is 5.91 Å². The van der Waals surface area contributed by atoms with Crippen LogP contribution < -0.4 is 20.9 Å². The number of carbonyl (C=O) groups excluding carboxylic acids is 1. The minimum absolute atomic E-state index is 0.188. The predicted octanol–water partition coefficient (Wildman–Crippen LogP) is 1.86. The molecule has 23 heavy (non-hydrogen) atoms. The molecule has 1 amide bonds.